The molecule has 5 nitrogen and oxygen atoms in total. The lowest BCUT2D eigenvalue weighted by molar-refractivity contribution is -0.124. The predicted molar refractivity (Wildman–Crippen MR) is 61.3 cm³/mol. The third kappa shape index (κ3) is 2.37. The van der Waals surface area contributed by atoms with Gasteiger partial charge in [-0.25, -0.2) is 0 Å². The van der Waals surface area contributed by atoms with Crippen LogP contribution >= 0.6 is 11.6 Å². The summed E-state index contributed by atoms with van der Waals surface area (Å²) >= 11 is 5.81. The monoisotopic (exact) mass is 249 g/mol. The van der Waals surface area contributed by atoms with E-state index in [-0.39, 0.29) is 18.2 Å². The molecular weight excluding hydrogens is 242 g/mol. The van der Waals surface area contributed by atoms with Crippen LogP contribution in [0.25, 0.3) is 0 Å². The molecule has 1 saturated heterocycles. The van der Waals surface area contributed by atoms with Crippen molar-refractivity contribution in [1.29, 1.82) is 5.26 Å². The van der Waals surface area contributed by atoms with Gasteiger partial charge in [-0.05, 0) is 18.2 Å². The van der Waals surface area contributed by atoms with Crippen LogP contribution in [0.3, 0.4) is 0 Å². The third-order valence-corrected chi connectivity index (χ3v) is 2.64. The number of imide groups is 1. The Kier molecular flexibility index (Phi) is 2.98. The molecule has 1 aliphatic heterocycles. The second-order valence-electron chi connectivity index (χ2n) is 3.62. The number of hydrogen-bond donors (Lipinski definition) is 2. The second kappa shape index (κ2) is 4.44. The van der Waals surface area contributed by atoms with Gasteiger partial charge < -0.3 is 5.32 Å². The van der Waals surface area contributed by atoms with Crippen LogP contribution in [0.4, 0.5) is 5.69 Å². The highest BCUT2D eigenvalue weighted by Gasteiger charge is 2.30. The number of nitrogens with one attached hydrogen (secondary N) is 2. The van der Waals surface area contributed by atoms with Crippen molar-refractivity contribution >= 4 is 29.1 Å². The highest BCUT2D eigenvalue weighted by Crippen LogP contribution is 2.22. The molecule has 6 heteroatoms. The summed E-state index contributed by atoms with van der Waals surface area (Å²) in [7, 11) is 0. The number of rotatable bonds is 2. The lowest BCUT2D eigenvalue weighted by atomic mass is 10.1. The van der Waals surface area contributed by atoms with E-state index in [0.29, 0.717) is 16.3 Å². The van der Waals surface area contributed by atoms with Gasteiger partial charge >= 0.3 is 0 Å². The van der Waals surface area contributed by atoms with Crippen LogP contribution in [0.5, 0.6) is 0 Å². The minimum Gasteiger partial charge on any atom is -0.372 e. The van der Waals surface area contributed by atoms with E-state index in [9.17, 15) is 9.59 Å². The lowest BCUT2D eigenvalue weighted by Gasteiger charge is -2.12. The van der Waals surface area contributed by atoms with Crippen molar-refractivity contribution in [2.75, 3.05) is 5.32 Å². The molecule has 1 atom stereocenters. The largest absolute Gasteiger partial charge is 0.372 e. The quantitative estimate of drug-likeness (QED) is 0.768. The number of nitriles is 1. The van der Waals surface area contributed by atoms with Crippen molar-refractivity contribution in [2.24, 2.45) is 0 Å². The molecule has 0 spiro atoms. The van der Waals surface area contributed by atoms with E-state index >= 15 is 0 Å². The maximum atomic E-state index is 11.4. The Balaban J connectivity index is 2.24. The van der Waals surface area contributed by atoms with Gasteiger partial charge in [-0.3, -0.25) is 14.9 Å². The van der Waals surface area contributed by atoms with Crippen molar-refractivity contribution in [3.05, 3.63) is 28.8 Å². The Morgan fingerprint density at radius 3 is 2.82 bits per heavy atom. The number of hydrogen-bond acceptors (Lipinski definition) is 4. The SMILES string of the molecule is N#Cc1ccc(Cl)cc1NC1CC(=O)NC1=O. The molecule has 0 bridgehead atoms. The number of carbonyl (C=O) groups excluding carboxylic acids is 2. The van der Waals surface area contributed by atoms with Crippen LogP contribution in [0, 0.1) is 11.3 Å². The van der Waals surface area contributed by atoms with Gasteiger partial charge in [0.1, 0.15) is 12.1 Å². The van der Waals surface area contributed by atoms with Gasteiger partial charge in [0.15, 0.2) is 0 Å². The first-order chi connectivity index (χ1) is 8.10. The van der Waals surface area contributed by atoms with Crippen LogP contribution in [0.1, 0.15) is 12.0 Å². The minimum atomic E-state index is -0.645. The van der Waals surface area contributed by atoms with E-state index in [2.05, 4.69) is 10.6 Å². The highest BCUT2D eigenvalue weighted by atomic mass is 35.5. The topological polar surface area (TPSA) is 82.0 Å². The van der Waals surface area contributed by atoms with E-state index in [1.807, 2.05) is 6.07 Å². The van der Waals surface area contributed by atoms with E-state index in [0.717, 1.165) is 0 Å². The summed E-state index contributed by atoms with van der Waals surface area (Å²) in [6, 6.07) is 6.03. The van der Waals surface area contributed by atoms with Crippen LogP contribution in [-0.4, -0.2) is 17.9 Å². The maximum Gasteiger partial charge on any atom is 0.249 e. The maximum absolute atomic E-state index is 11.4. The van der Waals surface area contributed by atoms with E-state index in [4.69, 9.17) is 16.9 Å². The molecule has 1 fully saturated rings. The number of carbonyl (C=O) groups is 2. The fraction of sp³-hybridized carbons (Fsp3) is 0.182. The Bertz CT molecular complexity index is 536. The van der Waals surface area contributed by atoms with Gasteiger partial charge in [-0.2, -0.15) is 5.26 Å². The number of benzene rings is 1. The first-order valence-corrected chi connectivity index (χ1v) is 5.28. The molecule has 1 aromatic rings. The molecule has 0 saturated carbocycles. The van der Waals surface area contributed by atoms with E-state index < -0.39 is 6.04 Å². The van der Waals surface area contributed by atoms with Gasteiger partial charge in [0.2, 0.25) is 11.8 Å². The molecule has 2 N–H and O–H groups in total. The molecule has 0 radical (unpaired) electrons. The standard InChI is InChI=1S/C11H8ClN3O2/c12-7-2-1-6(5-13)8(3-7)14-9-4-10(16)15-11(9)17/h1-3,9,14H,4H2,(H,15,16,17). The van der Waals surface area contributed by atoms with E-state index in [1.54, 1.807) is 18.2 Å². The van der Waals surface area contributed by atoms with Crippen molar-refractivity contribution in [1.82, 2.24) is 5.32 Å². The summed E-state index contributed by atoms with van der Waals surface area (Å²) in [6.07, 6.45) is 0.0657. The number of halogens is 1. The average molecular weight is 250 g/mol. The molecule has 17 heavy (non-hydrogen) atoms. The Labute approximate surface area is 102 Å². The van der Waals surface area contributed by atoms with Gasteiger partial charge in [0.25, 0.3) is 0 Å². The third-order valence-electron chi connectivity index (χ3n) is 2.40. The van der Waals surface area contributed by atoms with Crippen molar-refractivity contribution < 1.29 is 9.59 Å². The highest BCUT2D eigenvalue weighted by molar-refractivity contribution is 6.30. The molecule has 1 aliphatic rings. The summed E-state index contributed by atoms with van der Waals surface area (Å²) in [6.45, 7) is 0. The Morgan fingerprint density at radius 1 is 1.47 bits per heavy atom. The molecule has 1 unspecified atom stereocenters. The molecule has 86 valence electrons. The minimum absolute atomic E-state index is 0.0657. The van der Waals surface area contributed by atoms with Crippen molar-refractivity contribution in [3.63, 3.8) is 0 Å². The molecular formula is C11H8ClN3O2. The number of nitrogens with zero attached hydrogens (tertiary/aromatic N) is 1. The summed E-state index contributed by atoms with van der Waals surface area (Å²) < 4.78 is 0. The fourth-order valence-corrected chi connectivity index (χ4v) is 1.76. The fourth-order valence-electron chi connectivity index (χ4n) is 1.59. The van der Waals surface area contributed by atoms with Crippen LogP contribution in [-0.2, 0) is 9.59 Å². The zero-order valence-corrected chi connectivity index (χ0v) is 9.41. The number of anilines is 1. The van der Waals surface area contributed by atoms with Crippen LogP contribution in [0.15, 0.2) is 18.2 Å². The van der Waals surface area contributed by atoms with Gasteiger partial charge in [0, 0.05) is 5.02 Å². The number of amides is 2. The van der Waals surface area contributed by atoms with E-state index in [1.165, 1.54) is 0 Å². The zero-order valence-electron chi connectivity index (χ0n) is 8.66. The molecule has 2 amide bonds. The normalized spacial score (nSPS) is 18.7. The Morgan fingerprint density at radius 2 is 2.24 bits per heavy atom. The summed E-state index contributed by atoms with van der Waals surface area (Å²) in [5.74, 6) is -0.716. The predicted octanol–water partition coefficient (Wildman–Crippen LogP) is 1.04. The van der Waals surface area contributed by atoms with Gasteiger partial charge in [-0.15, -0.1) is 0 Å². The lowest BCUT2D eigenvalue weighted by Crippen LogP contribution is -2.30. The first kappa shape index (κ1) is 11.4. The summed E-state index contributed by atoms with van der Waals surface area (Å²) in [5, 5.41) is 14.4. The summed E-state index contributed by atoms with van der Waals surface area (Å²) in [5.41, 5.74) is 0.830. The smallest absolute Gasteiger partial charge is 0.249 e. The summed E-state index contributed by atoms with van der Waals surface area (Å²) in [4.78, 5) is 22.4. The Hall–Kier alpha value is -2.06. The molecule has 1 aromatic carbocycles. The van der Waals surface area contributed by atoms with Crippen LogP contribution in [0.2, 0.25) is 5.02 Å². The second-order valence-corrected chi connectivity index (χ2v) is 4.05. The average Bonchev–Trinajstić information content (AvgIpc) is 2.58. The molecule has 1 heterocycles. The first-order valence-electron chi connectivity index (χ1n) is 4.90. The zero-order chi connectivity index (χ0) is 12.4. The molecule has 0 aliphatic carbocycles. The van der Waals surface area contributed by atoms with Gasteiger partial charge in [0.05, 0.1) is 17.7 Å². The van der Waals surface area contributed by atoms with Crippen LogP contribution < -0.4 is 10.6 Å². The molecule has 2 rings (SSSR count). The van der Waals surface area contributed by atoms with Gasteiger partial charge in [-0.1, -0.05) is 11.6 Å². The molecule has 0 aromatic heterocycles. The van der Waals surface area contributed by atoms with Crippen molar-refractivity contribution in [3.8, 4) is 6.07 Å². The van der Waals surface area contributed by atoms with Crippen molar-refractivity contribution in [2.45, 2.75) is 12.5 Å².